The first-order valence-electron chi connectivity index (χ1n) is 7.61. The lowest BCUT2D eigenvalue weighted by atomic mass is 10.0. The Morgan fingerprint density at radius 2 is 1.54 bits per heavy atom. The zero-order valence-electron chi connectivity index (χ0n) is 13.3. The van der Waals surface area contributed by atoms with E-state index in [4.69, 9.17) is 0 Å². The summed E-state index contributed by atoms with van der Waals surface area (Å²) in [5, 5.41) is 2.73. The van der Waals surface area contributed by atoms with Crippen LogP contribution in [0.15, 0.2) is 53.0 Å². The van der Waals surface area contributed by atoms with Crippen LogP contribution >= 0.6 is 15.9 Å². The maximum atomic E-state index is 12.0. The number of anilines is 1. The summed E-state index contributed by atoms with van der Waals surface area (Å²) in [7, 11) is 0. The van der Waals surface area contributed by atoms with Gasteiger partial charge in [-0.25, -0.2) is 0 Å². The van der Waals surface area contributed by atoms with Crippen molar-refractivity contribution in [3.63, 3.8) is 0 Å². The average molecular weight is 388 g/mol. The molecule has 2 aromatic carbocycles. The molecule has 2 rings (SSSR count). The molecule has 1 amide bonds. The Kier molecular flexibility index (Phi) is 6.44. The van der Waals surface area contributed by atoms with Gasteiger partial charge in [-0.15, -0.1) is 0 Å². The number of benzene rings is 2. The molecule has 4 nitrogen and oxygen atoms in total. The van der Waals surface area contributed by atoms with Crippen LogP contribution in [-0.4, -0.2) is 17.5 Å². The van der Waals surface area contributed by atoms with Gasteiger partial charge in [-0.05, 0) is 31.2 Å². The second-order valence-corrected chi connectivity index (χ2v) is 6.48. The second-order valence-electron chi connectivity index (χ2n) is 5.56. The number of Topliss-reactive ketones (excluding diaryl/α,β-unsaturated/α-hetero) is 2. The Morgan fingerprint density at radius 1 is 0.917 bits per heavy atom. The van der Waals surface area contributed by atoms with Crippen LogP contribution < -0.4 is 5.32 Å². The topological polar surface area (TPSA) is 63.2 Å². The molecule has 2 aromatic rings. The van der Waals surface area contributed by atoms with Gasteiger partial charge in [-0.3, -0.25) is 14.4 Å². The van der Waals surface area contributed by atoms with Crippen LogP contribution in [0, 0.1) is 6.92 Å². The lowest BCUT2D eigenvalue weighted by molar-refractivity contribution is -0.122. The molecule has 0 bridgehead atoms. The zero-order chi connectivity index (χ0) is 17.5. The molecule has 5 heteroatoms. The lowest BCUT2D eigenvalue weighted by Gasteiger charge is -2.05. The van der Waals surface area contributed by atoms with Crippen LogP contribution in [0.2, 0.25) is 0 Å². The number of hydrogen-bond acceptors (Lipinski definition) is 3. The van der Waals surface area contributed by atoms with Crippen molar-refractivity contribution in [2.75, 3.05) is 5.32 Å². The predicted molar refractivity (Wildman–Crippen MR) is 97.1 cm³/mol. The van der Waals surface area contributed by atoms with Crippen molar-refractivity contribution in [2.45, 2.75) is 26.2 Å². The molecule has 0 aliphatic heterocycles. The number of amides is 1. The third-order valence-corrected chi connectivity index (χ3v) is 4.02. The summed E-state index contributed by atoms with van der Waals surface area (Å²) in [5.74, 6) is -0.697. The van der Waals surface area contributed by atoms with Crippen LogP contribution in [0.1, 0.15) is 35.2 Å². The number of ketones is 2. The highest BCUT2D eigenvalue weighted by Crippen LogP contribution is 2.13. The van der Waals surface area contributed by atoms with Gasteiger partial charge in [0.05, 0.1) is 6.42 Å². The number of carbonyl (C=O) groups is 3. The van der Waals surface area contributed by atoms with Gasteiger partial charge >= 0.3 is 0 Å². The van der Waals surface area contributed by atoms with Crippen LogP contribution in [0.25, 0.3) is 0 Å². The van der Waals surface area contributed by atoms with Gasteiger partial charge in [0.25, 0.3) is 0 Å². The smallest absolute Gasteiger partial charge is 0.224 e. The highest BCUT2D eigenvalue weighted by Gasteiger charge is 2.13. The van der Waals surface area contributed by atoms with E-state index >= 15 is 0 Å². The van der Waals surface area contributed by atoms with Gasteiger partial charge in [0.1, 0.15) is 5.78 Å². The molecule has 0 heterocycles. The van der Waals surface area contributed by atoms with E-state index in [1.54, 1.807) is 24.3 Å². The Hall–Kier alpha value is -2.27. The standard InChI is InChI=1S/C19H18BrNO3/c1-13-2-8-16(9-3-13)21-19(24)11-10-17(22)12-18(23)14-4-6-15(20)7-5-14/h2-9H,10-12H2,1H3,(H,21,24). The summed E-state index contributed by atoms with van der Waals surface area (Å²) >= 11 is 3.29. The van der Waals surface area contributed by atoms with Gasteiger partial charge < -0.3 is 5.32 Å². The molecular weight excluding hydrogens is 370 g/mol. The van der Waals surface area contributed by atoms with Crippen molar-refractivity contribution in [1.29, 1.82) is 0 Å². The maximum Gasteiger partial charge on any atom is 0.224 e. The molecule has 0 spiro atoms. The highest BCUT2D eigenvalue weighted by molar-refractivity contribution is 9.10. The number of hydrogen-bond donors (Lipinski definition) is 1. The fourth-order valence-electron chi connectivity index (χ4n) is 2.12. The minimum atomic E-state index is -0.234. The summed E-state index contributed by atoms with van der Waals surface area (Å²) < 4.78 is 0.873. The summed E-state index contributed by atoms with van der Waals surface area (Å²) in [6, 6.07) is 14.3. The molecule has 0 aliphatic carbocycles. The monoisotopic (exact) mass is 387 g/mol. The van der Waals surface area contributed by atoms with Crippen molar-refractivity contribution in [2.24, 2.45) is 0 Å². The molecule has 0 saturated heterocycles. The van der Waals surface area contributed by atoms with E-state index in [0.717, 1.165) is 10.0 Å². The normalized spacial score (nSPS) is 10.2. The predicted octanol–water partition coefficient (Wildman–Crippen LogP) is 4.32. The SMILES string of the molecule is Cc1ccc(NC(=O)CCC(=O)CC(=O)c2ccc(Br)cc2)cc1. The van der Waals surface area contributed by atoms with Gasteiger partial charge in [0, 0.05) is 28.6 Å². The third kappa shape index (κ3) is 5.74. The molecule has 0 unspecified atom stereocenters. The number of aryl methyl sites for hydroxylation is 1. The van der Waals surface area contributed by atoms with Gasteiger partial charge in [0.15, 0.2) is 5.78 Å². The third-order valence-electron chi connectivity index (χ3n) is 3.49. The lowest BCUT2D eigenvalue weighted by Crippen LogP contribution is -2.15. The maximum absolute atomic E-state index is 12.0. The van der Waals surface area contributed by atoms with Gasteiger partial charge in [-0.2, -0.15) is 0 Å². The molecule has 1 N–H and O–H groups in total. The number of rotatable bonds is 7. The molecule has 0 aliphatic rings. The molecule has 0 aromatic heterocycles. The fraction of sp³-hybridized carbons (Fsp3) is 0.211. The first kappa shape index (κ1) is 18.1. The Labute approximate surface area is 149 Å². The fourth-order valence-corrected chi connectivity index (χ4v) is 2.38. The van der Waals surface area contributed by atoms with Crippen LogP contribution in [0.5, 0.6) is 0 Å². The van der Waals surface area contributed by atoms with E-state index in [0.29, 0.717) is 11.3 Å². The average Bonchev–Trinajstić information content (AvgIpc) is 2.55. The van der Waals surface area contributed by atoms with Gasteiger partial charge in [0.2, 0.25) is 5.91 Å². The molecule has 0 radical (unpaired) electrons. The van der Waals surface area contributed by atoms with Crippen molar-refractivity contribution in [3.05, 3.63) is 64.1 Å². The van der Waals surface area contributed by atoms with Crippen LogP contribution in [0.4, 0.5) is 5.69 Å². The van der Waals surface area contributed by atoms with Crippen LogP contribution in [-0.2, 0) is 9.59 Å². The molecule has 24 heavy (non-hydrogen) atoms. The summed E-state index contributed by atoms with van der Waals surface area (Å²) in [6.45, 7) is 1.96. The summed E-state index contributed by atoms with van der Waals surface area (Å²) in [5.41, 5.74) is 2.30. The Morgan fingerprint density at radius 3 is 2.17 bits per heavy atom. The second kappa shape index (κ2) is 8.55. The van der Waals surface area contributed by atoms with Gasteiger partial charge in [-0.1, -0.05) is 45.8 Å². The van der Waals surface area contributed by atoms with Crippen molar-refractivity contribution >= 4 is 39.1 Å². The van der Waals surface area contributed by atoms with Crippen molar-refractivity contribution < 1.29 is 14.4 Å². The first-order chi connectivity index (χ1) is 11.4. The molecule has 0 saturated carbocycles. The number of halogens is 1. The first-order valence-corrected chi connectivity index (χ1v) is 8.40. The van der Waals surface area contributed by atoms with Crippen LogP contribution in [0.3, 0.4) is 0 Å². The van der Waals surface area contributed by atoms with E-state index in [1.165, 1.54) is 0 Å². The molecule has 124 valence electrons. The summed E-state index contributed by atoms with van der Waals surface area (Å²) in [4.78, 5) is 35.7. The quantitative estimate of drug-likeness (QED) is 0.568. The Bertz CT molecular complexity index is 736. The van der Waals surface area contributed by atoms with E-state index in [9.17, 15) is 14.4 Å². The highest BCUT2D eigenvalue weighted by atomic mass is 79.9. The molecule has 0 atom stereocenters. The van der Waals surface area contributed by atoms with Crippen molar-refractivity contribution in [1.82, 2.24) is 0 Å². The minimum absolute atomic E-state index is 0.0555. The van der Waals surface area contributed by atoms with E-state index < -0.39 is 0 Å². The zero-order valence-corrected chi connectivity index (χ0v) is 14.9. The van der Waals surface area contributed by atoms with E-state index in [-0.39, 0.29) is 36.7 Å². The van der Waals surface area contributed by atoms with Crippen molar-refractivity contribution in [3.8, 4) is 0 Å². The number of nitrogens with one attached hydrogen (secondary N) is 1. The summed E-state index contributed by atoms with van der Waals surface area (Å²) in [6.07, 6.45) is -0.0558. The Balaban J connectivity index is 1.78. The van der Waals surface area contributed by atoms with E-state index in [1.807, 2.05) is 31.2 Å². The molecule has 0 fully saturated rings. The minimum Gasteiger partial charge on any atom is -0.326 e. The molecular formula is C19H18BrNO3. The largest absolute Gasteiger partial charge is 0.326 e. The number of carbonyl (C=O) groups excluding carboxylic acids is 3. The van der Waals surface area contributed by atoms with E-state index in [2.05, 4.69) is 21.2 Å².